The fourth-order valence-electron chi connectivity index (χ4n) is 3.76. The van der Waals surface area contributed by atoms with Crippen LogP contribution in [0.3, 0.4) is 0 Å². The Hall–Kier alpha value is -1.03. The van der Waals surface area contributed by atoms with E-state index in [1.54, 1.807) is 0 Å². The standard InChI is InChI=1S/C18H34N4O4S/c1-12(26-8-7-25-6-2-5-19)9-13(10-16(20)23)3-4-15-17-14(11-27-15)21-18(24)22-17/h12-15,17H,2-11,19H2,1H3,(H2,20,23)(H2,21,22,24)/t12?,13?,14-,15-,17-/m0/s1. The van der Waals surface area contributed by atoms with Gasteiger partial charge in [-0.1, -0.05) is 0 Å². The van der Waals surface area contributed by atoms with E-state index >= 15 is 0 Å². The third kappa shape index (κ3) is 7.85. The van der Waals surface area contributed by atoms with Crippen LogP contribution in [0.25, 0.3) is 0 Å². The maximum absolute atomic E-state index is 11.5. The molecule has 2 rings (SSSR count). The Labute approximate surface area is 165 Å². The zero-order valence-electron chi connectivity index (χ0n) is 16.2. The van der Waals surface area contributed by atoms with Crippen LogP contribution >= 0.6 is 11.8 Å². The summed E-state index contributed by atoms with van der Waals surface area (Å²) in [6, 6.07) is 0.347. The van der Waals surface area contributed by atoms with Gasteiger partial charge < -0.3 is 31.6 Å². The van der Waals surface area contributed by atoms with Crippen LogP contribution in [0.15, 0.2) is 0 Å². The van der Waals surface area contributed by atoms with Crippen molar-refractivity contribution >= 4 is 23.7 Å². The number of thioether (sulfide) groups is 1. The van der Waals surface area contributed by atoms with Crippen molar-refractivity contribution in [1.29, 1.82) is 0 Å². The van der Waals surface area contributed by atoms with E-state index in [0.29, 0.717) is 38.0 Å². The van der Waals surface area contributed by atoms with Gasteiger partial charge in [0, 0.05) is 24.0 Å². The van der Waals surface area contributed by atoms with Crippen molar-refractivity contribution in [3.05, 3.63) is 0 Å². The molecule has 2 aliphatic rings. The van der Waals surface area contributed by atoms with Crippen molar-refractivity contribution in [2.24, 2.45) is 17.4 Å². The number of nitrogens with two attached hydrogens (primary N) is 2. The van der Waals surface area contributed by atoms with Gasteiger partial charge in [0.05, 0.1) is 31.4 Å². The third-order valence-corrected chi connectivity index (χ3v) is 6.58. The number of nitrogens with one attached hydrogen (secondary N) is 2. The Bertz CT molecular complexity index is 482. The molecule has 0 aromatic carbocycles. The molecule has 0 aromatic heterocycles. The fraction of sp³-hybridized carbons (Fsp3) is 0.889. The number of rotatable bonds is 14. The Kier molecular flexibility index (Phi) is 9.67. The number of fused-ring (bicyclic) bond motifs is 1. The summed E-state index contributed by atoms with van der Waals surface area (Å²) < 4.78 is 11.2. The fourth-order valence-corrected chi connectivity index (χ4v) is 5.28. The monoisotopic (exact) mass is 402 g/mol. The minimum atomic E-state index is -0.273. The van der Waals surface area contributed by atoms with Crippen LogP contribution in [-0.2, 0) is 14.3 Å². The highest BCUT2D eigenvalue weighted by Crippen LogP contribution is 2.34. The Morgan fingerprint density at radius 2 is 2.15 bits per heavy atom. The van der Waals surface area contributed by atoms with Crippen LogP contribution in [0, 0.1) is 5.92 Å². The van der Waals surface area contributed by atoms with Gasteiger partial charge in [0.2, 0.25) is 5.91 Å². The summed E-state index contributed by atoms with van der Waals surface area (Å²) in [6.45, 7) is 4.40. The van der Waals surface area contributed by atoms with Gasteiger partial charge >= 0.3 is 6.03 Å². The molecule has 0 aliphatic carbocycles. The molecule has 8 nitrogen and oxygen atoms in total. The van der Waals surface area contributed by atoms with E-state index < -0.39 is 0 Å². The van der Waals surface area contributed by atoms with Crippen LogP contribution in [0.5, 0.6) is 0 Å². The molecular weight excluding hydrogens is 368 g/mol. The third-order valence-electron chi connectivity index (χ3n) is 5.08. The van der Waals surface area contributed by atoms with Gasteiger partial charge in [-0.15, -0.1) is 0 Å². The van der Waals surface area contributed by atoms with Gasteiger partial charge in [0.15, 0.2) is 0 Å². The highest BCUT2D eigenvalue weighted by molar-refractivity contribution is 8.00. The number of hydrogen-bond donors (Lipinski definition) is 4. The lowest BCUT2D eigenvalue weighted by molar-refractivity contribution is -0.119. The number of carbonyl (C=O) groups excluding carboxylic acids is 2. The largest absolute Gasteiger partial charge is 0.379 e. The second-order valence-electron chi connectivity index (χ2n) is 7.41. The molecule has 6 N–H and O–H groups in total. The van der Waals surface area contributed by atoms with Crippen molar-refractivity contribution in [3.63, 3.8) is 0 Å². The predicted molar refractivity (Wildman–Crippen MR) is 107 cm³/mol. The predicted octanol–water partition coefficient (Wildman–Crippen LogP) is 0.584. The smallest absolute Gasteiger partial charge is 0.315 e. The number of ether oxygens (including phenoxy) is 2. The molecule has 5 atom stereocenters. The van der Waals surface area contributed by atoms with Gasteiger partial charge in [0.25, 0.3) is 0 Å². The first-order valence-electron chi connectivity index (χ1n) is 9.86. The molecule has 0 radical (unpaired) electrons. The average molecular weight is 403 g/mol. The maximum Gasteiger partial charge on any atom is 0.315 e. The average Bonchev–Trinajstić information content (AvgIpc) is 3.14. The number of amides is 3. The van der Waals surface area contributed by atoms with Crippen molar-refractivity contribution < 1.29 is 19.1 Å². The molecule has 0 aromatic rings. The van der Waals surface area contributed by atoms with Crippen molar-refractivity contribution in [2.45, 2.75) is 62.5 Å². The zero-order valence-corrected chi connectivity index (χ0v) is 17.0. The van der Waals surface area contributed by atoms with Gasteiger partial charge in [-0.2, -0.15) is 11.8 Å². The quantitative estimate of drug-likeness (QED) is 0.249. The lowest BCUT2D eigenvalue weighted by Crippen LogP contribution is -2.37. The van der Waals surface area contributed by atoms with Gasteiger partial charge in [-0.3, -0.25) is 4.79 Å². The highest BCUT2D eigenvalue weighted by Gasteiger charge is 2.42. The van der Waals surface area contributed by atoms with E-state index in [1.807, 2.05) is 18.7 Å². The molecule has 2 aliphatic heterocycles. The van der Waals surface area contributed by atoms with Gasteiger partial charge in [0.1, 0.15) is 0 Å². The summed E-state index contributed by atoms with van der Waals surface area (Å²) in [6.07, 6.45) is 3.93. The van der Waals surface area contributed by atoms with Crippen LogP contribution in [0.4, 0.5) is 4.79 Å². The summed E-state index contributed by atoms with van der Waals surface area (Å²) in [5, 5.41) is 6.35. The number of urea groups is 1. The van der Waals surface area contributed by atoms with Crippen LogP contribution in [0.2, 0.25) is 0 Å². The van der Waals surface area contributed by atoms with E-state index in [2.05, 4.69) is 10.6 Å². The molecular formula is C18H34N4O4S. The molecule has 156 valence electrons. The van der Waals surface area contributed by atoms with Crippen molar-refractivity contribution in [3.8, 4) is 0 Å². The van der Waals surface area contributed by atoms with Crippen molar-refractivity contribution in [2.75, 3.05) is 32.1 Å². The molecule has 0 spiro atoms. The number of primary amides is 1. The van der Waals surface area contributed by atoms with E-state index in [4.69, 9.17) is 20.9 Å². The summed E-state index contributed by atoms with van der Waals surface area (Å²) in [5.74, 6) is 0.864. The van der Waals surface area contributed by atoms with Crippen LogP contribution < -0.4 is 22.1 Å². The molecule has 0 saturated carbocycles. The summed E-state index contributed by atoms with van der Waals surface area (Å²) >= 11 is 1.89. The molecule has 9 heteroatoms. The molecule has 0 bridgehead atoms. The Morgan fingerprint density at radius 1 is 1.33 bits per heavy atom. The van der Waals surface area contributed by atoms with E-state index in [9.17, 15) is 9.59 Å². The Morgan fingerprint density at radius 3 is 2.89 bits per heavy atom. The Balaban J connectivity index is 1.69. The molecule has 27 heavy (non-hydrogen) atoms. The minimum Gasteiger partial charge on any atom is -0.379 e. The zero-order chi connectivity index (χ0) is 19.6. The van der Waals surface area contributed by atoms with Gasteiger partial charge in [-0.05, 0) is 45.1 Å². The van der Waals surface area contributed by atoms with E-state index in [-0.39, 0.29) is 36.0 Å². The molecule has 2 unspecified atom stereocenters. The van der Waals surface area contributed by atoms with Crippen LogP contribution in [0.1, 0.15) is 39.0 Å². The lowest BCUT2D eigenvalue weighted by Gasteiger charge is -2.23. The molecule has 2 fully saturated rings. The molecule has 2 saturated heterocycles. The summed E-state index contributed by atoms with van der Waals surface area (Å²) in [7, 11) is 0. The normalized spacial score (nSPS) is 26.3. The SMILES string of the molecule is CC(CC(CC[C@@H]1SC[C@@H]2NC(=O)N[C@@H]21)CC(N)=O)OCCOCCCN. The minimum absolute atomic E-state index is 0.0456. The first kappa shape index (κ1) is 22.3. The van der Waals surface area contributed by atoms with Gasteiger partial charge in [-0.25, -0.2) is 4.79 Å². The second kappa shape index (κ2) is 11.7. The summed E-state index contributed by atoms with van der Waals surface area (Å²) in [5.41, 5.74) is 10.9. The van der Waals surface area contributed by atoms with Crippen LogP contribution in [-0.4, -0.2) is 67.5 Å². The maximum atomic E-state index is 11.5. The molecule has 3 amide bonds. The van der Waals surface area contributed by atoms with E-state index in [1.165, 1.54) is 0 Å². The topological polar surface area (TPSA) is 129 Å². The first-order valence-corrected chi connectivity index (χ1v) is 10.9. The number of hydrogen-bond acceptors (Lipinski definition) is 6. The van der Waals surface area contributed by atoms with E-state index in [0.717, 1.165) is 31.4 Å². The highest BCUT2D eigenvalue weighted by atomic mass is 32.2. The number of carbonyl (C=O) groups is 2. The van der Waals surface area contributed by atoms with Crippen molar-refractivity contribution in [1.82, 2.24) is 10.6 Å². The molecule has 2 heterocycles. The second-order valence-corrected chi connectivity index (χ2v) is 8.68. The lowest BCUT2D eigenvalue weighted by atomic mass is 9.91. The summed E-state index contributed by atoms with van der Waals surface area (Å²) in [4.78, 5) is 22.9. The first-order chi connectivity index (χ1) is 13.0.